The SMILES string of the molecule is [2H]c1c([2H])c([2H])c2c3cccc4c3c3c(cccc3n4-c3c([N+]#[C-])c(-c4ccccc4)c(C#N)c(-n4c5c(ccc6c7cccc(-c8ccccc8)c7sc65)c5c(-c6ccccc6)cc6c7ccccc7sc6c54)c3-c3ccccc3)c2c1[2H]. The smallest absolute Gasteiger partial charge is 0.220 e. The van der Waals surface area contributed by atoms with Crippen molar-refractivity contribution in [1.82, 2.24) is 9.13 Å². The van der Waals surface area contributed by atoms with Crippen LogP contribution in [0, 0.1) is 17.9 Å². The van der Waals surface area contributed by atoms with E-state index in [1.54, 1.807) is 22.7 Å². The van der Waals surface area contributed by atoms with E-state index in [2.05, 4.69) is 166 Å². The molecule has 80 heavy (non-hydrogen) atoms. The zero-order valence-electron chi connectivity index (χ0n) is 46.4. The zero-order chi connectivity index (χ0) is 56.2. The molecule has 4 aromatic heterocycles. The molecule has 0 saturated carbocycles. The summed E-state index contributed by atoms with van der Waals surface area (Å²) in [4.78, 5) is 4.62. The predicted octanol–water partition coefficient (Wildman–Crippen LogP) is 21.5. The fourth-order valence-electron chi connectivity index (χ4n) is 13.2. The maximum atomic E-state index is 12.6. The first kappa shape index (κ1) is 40.9. The van der Waals surface area contributed by atoms with E-state index in [-0.39, 0.29) is 29.9 Å². The average molecular weight is 1050 g/mol. The second-order valence-electron chi connectivity index (χ2n) is 20.4. The van der Waals surface area contributed by atoms with E-state index in [0.717, 1.165) is 112 Å². The summed E-state index contributed by atoms with van der Waals surface area (Å²) in [5, 5.41) is 23.0. The molecule has 0 atom stereocenters. The van der Waals surface area contributed by atoms with Crippen LogP contribution >= 0.6 is 22.7 Å². The molecule has 0 amide bonds. The van der Waals surface area contributed by atoms with Crippen molar-refractivity contribution in [2.75, 3.05) is 0 Å². The summed E-state index contributed by atoms with van der Waals surface area (Å²) in [6.07, 6.45) is 0. The Labute approximate surface area is 472 Å². The highest BCUT2D eigenvalue weighted by Crippen LogP contribution is 2.57. The van der Waals surface area contributed by atoms with Crippen molar-refractivity contribution in [3.05, 3.63) is 260 Å². The number of aromatic nitrogens is 2. The maximum absolute atomic E-state index is 12.6. The van der Waals surface area contributed by atoms with Crippen molar-refractivity contribution in [3.63, 3.8) is 0 Å². The van der Waals surface area contributed by atoms with Gasteiger partial charge in [-0.25, -0.2) is 4.85 Å². The molecule has 0 bridgehead atoms. The molecule has 0 spiro atoms. The molecule has 0 radical (unpaired) electrons. The van der Waals surface area contributed by atoms with E-state index in [9.17, 15) is 14.6 Å². The zero-order valence-corrected chi connectivity index (χ0v) is 44.0. The summed E-state index contributed by atoms with van der Waals surface area (Å²) in [5.41, 5.74) is 12.3. The minimum atomic E-state index is -0.296. The molecule has 0 aliphatic heterocycles. The van der Waals surface area contributed by atoms with Gasteiger partial charge in [0.15, 0.2) is 0 Å². The van der Waals surface area contributed by atoms with Crippen molar-refractivity contribution in [2.24, 2.45) is 0 Å². The molecule has 4 nitrogen and oxygen atoms in total. The first-order valence-corrected chi connectivity index (χ1v) is 28.2. The van der Waals surface area contributed by atoms with Gasteiger partial charge in [-0.05, 0) is 79.2 Å². The lowest BCUT2D eigenvalue weighted by molar-refractivity contribution is 1.14. The molecule has 13 aromatic carbocycles. The summed E-state index contributed by atoms with van der Waals surface area (Å²) in [6.45, 7) is 9.60. The summed E-state index contributed by atoms with van der Waals surface area (Å²) >= 11 is 3.53. The molecule has 4 heterocycles. The number of hydrogen-bond acceptors (Lipinski definition) is 3. The van der Waals surface area contributed by atoms with Crippen molar-refractivity contribution in [2.45, 2.75) is 0 Å². The maximum Gasteiger partial charge on any atom is 0.220 e. The Morgan fingerprint density at radius 3 is 1.57 bits per heavy atom. The highest BCUT2D eigenvalue weighted by Gasteiger charge is 2.34. The molecule has 0 saturated heterocycles. The number of nitrogens with zero attached hydrogens (tertiary/aromatic N) is 4. The Morgan fingerprint density at radius 2 is 0.938 bits per heavy atom. The van der Waals surface area contributed by atoms with Crippen molar-refractivity contribution in [3.8, 4) is 62.0 Å². The van der Waals surface area contributed by atoms with Gasteiger partial charge in [0.1, 0.15) is 6.07 Å². The molecule has 17 aromatic rings. The van der Waals surface area contributed by atoms with Crippen LogP contribution in [0.5, 0.6) is 0 Å². The Hall–Kier alpha value is -10.3. The molecule has 6 heteroatoms. The van der Waals surface area contributed by atoms with Gasteiger partial charge in [0, 0.05) is 63.6 Å². The van der Waals surface area contributed by atoms with Gasteiger partial charge < -0.3 is 9.13 Å². The molecule has 0 aliphatic carbocycles. The minimum Gasteiger partial charge on any atom is -0.318 e. The average Bonchev–Trinajstić information content (AvgIpc) is 1.54. The lowest BCUT2D eigenvalue weighted by Crippen LogP contribution is -2.09. The van der Waals surface area contributed by atoms with Crippen LogP contribution in [0.3, 0.4) is 0 Å². The standard InChI is InChI=1S/C74H40N4S2/c1-76-67-62(45-25-10-4-11-26-45)58(42-75)68(63(46-27-12-5-13-28-46)70(67)77-59-36-19-33-51-48-29-14-15-30-49(48)52-34-20-37-60(77)66(52)65(51)59)78-69-55(40-39-54-53-35-18-32-47(72(53)80-73(54)69)43-21-6-2-7-22-43)64-56(44-23-8-3-9-24-44)41-57-50-31-16-17-38-61(50)79-74(57)71(64)78/h2-41H/i14D,15D,29D,30D. The van der Waals surface area contributed by atoms with Gasteiger partial charge in [0.2, 0.25) is 5.69 Å². The molecular formula is C74H40N4S2. The third kappa shape index (κ3) is 6.06. The van der Waals surface area contributed by atoms with E-state index in [1.165, 1.54) is 0 Å². The molecule has 0 N–H and O–H groups in total. The number of fused-ring (bicyclic) bond motifs is 14. The van der Waals surface area contributed by atoms with Crippen LogP contribution in [0.15, 0.2) is 243 Å². The lowest BCUT2D eigenvalue weighted by atomic mass is 9.88. The highest BCUT2D eigenvalue weighted by molar-refractivity contribution is 7.27. The van der Waals surface area contributed by atoms with Gasteiger partial charge in [-0.3, -0.25) is 0 Å². The van der Waals surface area contributed by atoms with E-state index in [0.29, 0.717) is 55.2 Å². The van der Waals surface area contributed by atoms with Crippen LogP contribution in [0.1, 0.15) is 11.0 Å². The van der Waals surface area contributed by atoms with Crippen LogP contribution in [0.25, 0.3) is 166 Å². The Morgan fingerprint density at radius 1 is 0.412 bits per heavy atom. The van der Waals surface area contributed by atoms with Crippen molar-refractivity contribution >= 4 is 134 Å². The second-order valence-corrected chi connectivity index (χ2v) is 22.5. The summed E-state index contributed by atoms with van der Waals surface area (Å²) in [7, 11) is 0. The van der Waals surface area contributed by atoms with Crippen molar-refractivity contribution < 1.29 is 5.48 Å². The van der Waals surface area contributed by atoms with E-state index >= 15 is 0 Å². The Kier molecular flexibility index (Phi) is 8.72. The van der Waals surface area contributed by atoms with Crippen LogP contribution in [0.2, 0.25) is 0 Å². The normalized spacial score (nSPS) is 12.7. The molecule has 0 fully saturated rings. The minimum absolute atomic E-state index is 0.107. The highest BCUT2D eigenvalue weighted by atomic mass is 32.1. The van der Waals surface area contributed by atoms with Crippen LogP contribution in [-0.4, -0.2) is 9.13 Å². The molecule has 0 aliphatic rings. The molecular weight excluding hydrogens is 1010 g/mol. The number of hydrogen-bond donors (Lipinski definition) is 0. The Balaban J connectivity index is 1.18. The first-order valence-electron chi connectivity index (χ1n) is 28.5. The van der Waals surface area contributed by atoms with Gasteiger partial charge in [0.25, 0.3) is 0 Å². The van der Waals surface area contributed by atoms with Gasteiger partial charge in [-0.15, -0.1) is 22.7 Å². The lowest BCUT2D eigenvalue weighted by Gasteiger charge is -2.26. The van der Waals surface area contributed by atoms with Crippen molar-refractivity contribution in [1.29, 1.82) is 5.26 Å². The van der Waals surface area contributed by atoms with Crippen LogP contribution < -0.4 is 0 Å². The molecule has 368 valence electrons. The van der Waals surface area contributed by atoms with Gasteiger partial charge in [-0.2, -0.15) is 5.26 Å². The number of nitriles is 1. The molecule has 0 unspecified atom stereocenters. The van der Waals surface area contributed by atoms with E-state index in [1.807, 2.05) is 72.8 Å². The quantitative estimate of drug-likeness (QED) is 0.121. The van der Waals surface area contributed by atoms with Gasteiger partial charge in [-0.1, -0.05) is 218 Å². The monoisotopic (exact) mass is 1050 g/mol. The first-order chi connectivity index (χ1) is 41.3. The largest absolute Gasteiger partial charge is 0.318 e. The summed E-state index contributed by atoms with van der Waals surface area (Å²) < 4.78 is 45.8. The number of rotatable bonds is 6. The third-order valence-corrected chi connectivity index (χ3v) is 18.9. The second kappa shape index (κ2) is 17.1. The van der Waals surface area contributed by atoms with Crippen LogP contribution in [0.4, 0.5) is 5.69 Å². The number of benzene rings is 13. The topological polar surface area (TPSA) is 38.0 Å². The fourth-order valence-corrected chi connectivity index (χ4v) is 15.8. The van der Waals surface area contributed by atoms with E-state index in [4.69, 9.17) is 2.74 Å². The summed E-state index contributed by atoms with van der Waals surface area (Å²) in [5.74, 6) is 0. The van der Waals surface area contributed by atoms with E-state index < -0.39 is 0 Å². The fraction of sp³-hybridized carbons (Fsp3) is 0. The van der Waals surface area contributed by atoms with Gasteiger partial charge in [0.05, 0.1) is 60.5 Å². The van der Waals surface area contributed by atoms with Gasteiger partial charge >= 0.3 is 0 Å². The third-order valence-electron chi connectivity index (χ3n) is 16.4. The number of thiophene rings is 2. The summed E-state index contributed by atoms with van der Waals surface area (Å²) in [6, 6.07) is 77.4. The van der Waals surface area contributed by atoms with Crippen LogP contribution in [-0.2, 0) is 0 Å². The Bertz CT molecular complexity index is 5690. The molecule has 17 rings (SSSR count). The predicted molar refractivity (Wildman–Crippen MR) is 340 cm³/mol.